The smallest absolute Gasteiger partial charge is 0.477 e. The Bertz CT molecular complexity index is 394. The first-order valence-corrected chi connectivity index (χ1v) is 4.23. The van der Waals surface area contributed by atoms with Crippen molar-refractivity contribution in [2.75, 3.05) is 0 Å². The molecule has 1 rings (SSSR count). The minimum Gasteiger partial charge on any atom is -0.477 e. The molecule has 0 radical (unpaired) electrons. The highest BCUT2D eigenvalue weighted by Crippen LogP contribution is 2.26. The molecular formula is C7H3BrF3NO3. The molecule has 1 heterocycles. The van der Waals surface area contributed by atoms with Crippen LogP contribution in [0.5, 0.6) is 5.88 Å². The Kier molecular flexibility index (Phi) is 3.18. The molecule has 0 aliphatic carbocycles. The summed E-state index contributed by atoms with van der Waals surface area (Å²) in [4.78, 5) is 13.8. The molecule has 1 aromatic heterocycles. The number of carbonyl (C=O) groups is 1. The third kappa shape index (κ3) is 3.39. The first-order chi connectivity index (χ1) is 6.79. The fraction of sp³-hybridized carbons (Fsp3) is 0.143. The molecule has 0 bridgehead atoms. The van der Waals surface area contributed by atoms with Crippen molar-refractivity contribution in [2.45, 2.75) is 6.36 Å². The fourth-order valence-electron chi connectivity index (χ4n) is 0.771. The third-order valence-corrected chi connectivity index (χ3v) is 1.69. The van der Waals surface area contributed by atoms with E-state index < -0.39 is 23.8 Å². The molecule has 0 fully saturated rings. The van der Waals surface area contributed by atoms with Crippen LogP contribution >= 0.6 is 15.9 Å². The number of nitrogens with zero attached hydrogens (tertiary/aromatic N) is 1. The van der Waals surface area contributed by atoms with Gasteiger partial charge in [0.1, 0.15) is 5.56 Å². The van der Waals surface area contributed by atoms with Crippen LogP contribution in [0.1, 0.15) is 10.4 Å². The average molecular weight is 286 g/mol. The summed E-state index contributed by atoms with van der Waals surface area (Å²) in [6.45, 7) is 0. The van der Waals surface area contributed by atoms with Gasteiger partial charge in [-0.15, -0.1) is 13.2 Å². The summed E-state index contributed by atoms with van der Waals surface area (Å²) in [5.41, 5.74) is -0.665. The van der Waals surface area contributed by atoms with Crippen molar-refractivity contribution in [1.29, 1.82) is 0 Å². The number of aromatic nitrogens is 1. The van der Waals surface area contributed by atoms with Gasteiger partial charge in [-0.25, -0.2) is 9.78 Å². The molecular weight excluding hydrogens is 283 g/mol. The van der Waals surface area contributed by atoms with Gasteiger partial charge in [-0.3, -0.25) is 0 Å². The van der Waals surface area contributed by atoms with E-state index in [1.165, 1.54) is 0 Å². The SMILES string of the molecule is O=C(O)c1cc(Br)cnc1OC(F)(F)F. The Labute approximate surface area is 89.8 Å². The summed E-state index contributed by atoms with van der Waals surface area (Å²) in [7, 11) is 0. The second kappa shape index (κ2) is 4.05. The molecule has 1 aromatic rings. The van der Waals surface area contributed by atoms with E-state index in [0.29, 0.717) is 0 Å². The Morgan fingerprint density at radius 1 is 1.53 bits per heavy atom. The number of carboxylic acid groups (broad SMARTS) is 1. The summed E-state index contributed by atoms with van der Waals surface area (Å²) >= 11 is 2.88. The quantitative estimate of drug-likeness (QED) is 0.907. The van der Waals surface area contributed by atoms with E-state index in [2.05, 4.69) is 25.7 Å². The Balaban J connectivity index is 3.12. The van der Waals surface area contributed by atoms with Crippen molar-refractivity contribution in [1.82, 2.24) is 4.98 Å². The van der Waals surface area contributed by atoms with Gasteiger partial charge in [0, 0.05) is 10.7 Å². The highest BCUT2D eigenvalue weighted by Gasteiger charge is 2.33. The maximum atomic E-state index is 11.8. The lowest BCUT2D eigenvalue weighted by Crippen LogP contribution is -2.20. The minimum atomic E-state index is -4.97. The van der Waals surface area contributed by atoms with Gasteiger partial charge in [-0.1, -0.05) is 0 Å². The highest BCUT2D eigenvalue weighted by atomic mass is 79.9. The Morgan fingerprint density at radius 3 is 2.60 bits per heavy atom. The summed E-state index contributed by atoms with van der Waals surface area (Å²) < 4.78 is 39.1. The van der Waals surface area contributed by atoms with Crippen molar-refractivity contribution < 1.29 is 27.8 Å². The van der Waals surface area contributed by atoms with Gasteiger partial charge in [-0.2, -0.15) is 0 Å². The summed E-state index contributed by atoms with van der Waals surface area (Å²) in [5.74, 6) is -2.54. The number of rotatable bonds is 2. The number of aromatic carboxylic acids is 1. The second-order valence-corrected chi connectivity index (χ2v) is 3.27. The van der Waals surface area contributed by atoms with Crippen LogP contribution in [0.2, 0.25) is 0 Å². The van der Waals surface area contributed by atoms with Gasteiger partial charge < -0.3 is 9.84 Å². The molecule has 0 aromatic carbocycles. The van der Waals surface area contributed by atoms with Crippen molar-refractivity contribution >= 4 is 21.9 Å². The molecule has 0 unspecified atom stereocenters. The van der Waals surface area contributed by atoms with Gasteiger partial charge in [0.05, 0.1) is 0 Å². The van der Waals surface area contributed by atoms with Crippen LogP contribution in [0, 0.1) is 0 Å². The molecule has 15 heavy (non-hydrogen) atoms. The van der Waals surface area contributed by atoms with E-state index in [-0.39, 0.29) is 4.47 Å². The predicted molar refractivity (Wildman–Crippen MR) is 45.6 cm³/mol. The number of halogens is 4. The van der Waals surface area contributed by atoms with E-state index in [4.69, 9.17) is 5.11 Å². The standard InChI is InChI=1S/C7H3BrF3NO3/c8-3-1-4(6(13)14)5(12-2-3)15-7(9,10)11/h1-2H,(H,13,14). The molecule has 0 saturated carbocycles. The number of hydrogen-bond donors (Lipinski definition) is 1. The number of hydrogen-bond acceptors (Lipinski definition) is 3. The summed E-state index contributed by atoms with van der Waals surface area (Å²) in [6.07, 6.45) is -3.96. The number of carboxylic acids is 1. The van der Waals surface area contributed by atoms with E-state index in [1.807, 2.05) is 0 Å². The molecule has 0 atom stereocenters. The Hall–Kier alpha value is -1.31. The minimum absolute atomic E-state index is 0.245. The van der Waals surface area contributed by atoms with Gasteiger partial charge in [0.15, 0.2) is 0 Å². The van der Waals surface area contributed by atoms with Crippen LogP contribution in [0.4, 0.5) is 13.2 Å². The van der Waals surface area contributed by atoms with Crippen molar-refractivity contribution in [3.8, 4) is 5.88 Å². The lowest BCUT2D eigenvalue weighted by Gasteiger charge is -2.09. The van der Waals surface area contributed by atoms with E-state index in [9.17, 15) is 18.0 Å². The van der Waals surface area contributed by atoms with Gasteiger partial charge in [0.25, 0.3) is 0 Å². The molecule has 1 N–H and O–H groups in total. The topological polar surface area (TPSA) is 59.4 Å². The maximum absolute atomic E-state index is 11.8. The van der Waals surface area contributed by atoms with Gasteiger partial charge in [-0.05, 0) is 22.0 Å². The average Bonchev–Trinajstić information content (AvgIpc) is 2.05. The van der Waals surface area contributed by atoms with E-state index >= 15 is 0 Å². The summed E-state index contributed by atoms with van der Waals surface area (Å²) in [5, 5.41) is 8.58. The highest BCUT2D eigenvalue weighted by molar-refractivity contribution is 9.10. The van der Waals surface area contributed by atoms with E-state index in [1.54, 1.807) is 0 Å². The van der Waals surface area contributed by atoms with Crippen LogP contribution in [0.25, 0.3) is 0 Å². The van der Waals surface area contributed by atoms with Crippen LogP contribution in [0.15, 0.2) is 16.7 Å². The monoisotopic (exact) mass is 285 g/mol. The molecule has 0 amide bonds. The normalized spacial score (nSPS) is 11.2. The molecule has 0 aliphatic rings. The van der Waals surface area contributed by atoms with Gasteiger partial charge >= 0.3 is 12.3 Å². The van der Waals surface area contributed by atoms with Gasteiger partial charge in [0.2, 0.25) is 5.88 Å². The number of pyridine rings is 1. The largest absolute Gasteiger partial charge is 0.574 e. The fourth-order valence-corrected chi connectivity index (χ4v) is 1.10. The molecule has 82 valence electrons. The zero-order valence-corrected chi connectivity index (χ0v) is 8.46. The van der Waals surface area contributed by atoms with Crippen LogP contribution in [0.3, 0.4) is 0 Å². The molecule has 0 spiro atoms. The summed E-state index contributed by atoms with van der Waals surface area (Å²) in [6, 6.07) is 0.969. The third-order valence-electron chi connectivity index (χ3n) is 1.26. The van der Waals surface area contributed by atoms with Crippen LogP contribution < -0.4 is 4.74 Å². The van der Waals surface area contributed by atoms with Crippen molar-refractivity contribution in [2.24, 2.45) is 0 Å². The van der Waals surface area contributed by atoms with Crippen molar-refractivity contribution in [3.63, 3.8) is 0 Å². The lowest BCUT2D eigenvalue weighted by atomic mass is 10.3. The first-order valence-electron chi connectivity index (χ1n) is 3.44. The lowest BCUT2D eigenvalue weighted by molar-refractivity contribution is -0.276. The molecule has 8 heteroatoms. The zero-order chi connectivity index (χ0) is 11.6. The second-order valence-electron chi connectivity index (χ2n) is 2.36. The predicted octanol–water partition coefficient (Wildman–Crippen LogP) is 2.44. The number of alkyl halides is 3. The van der Waals surface area contributed by atoms with Crippen LogP contribution in [-0.2, 0) is 0 Å². The van der Waals surface area contributed by atoms with Crippen molar-refractivity contribution in [3.05, 3.63) is 22.3 Å². The zero-order valence-electron chi connectivity index (χ0n) is 6.88. The first kappa shape index (κ1) is 11.8. The Morgan fingerprint density at radius 2 is 2.13 bits per heavy atom. The maximum Gasteiger partial charge on any atom is 0.574 e. The molecule has 4 nitrogen and oxygen atoms in total. The van der Waals surface area contributed by atoms with Crippen LogP contribution in [-0.4, -0.2) is 22.4 Å². The van der Waals surface area contributed by atoms with E-state index in [0.717, 1.165) is 12.3 Å². The number of ether oxygens (including phenoxy) is 1. The molecule has 0 saturated heterocycles. The molecule has 0 aliphatic heterocycles.